The molecule has 3 saturated heterocycles. The topological polar surface area (TPSA) is 75.7 Å². The molecular weight excluding hydrogens is 392 g/mol. The molecule has 0 unspecified atom stereocenters. The van der Waals surface area contributed by atoms with Gasteiger partial charge in [-0.3, -0.25) is 19.7 Å². The van der Waals surface area contributed by atoms with Gasteiger partial charge in [0.15, 0.2) is 0 Å². The normalized spacial score (nSPS) is 30.2. The maximum atomic E-state index is 13.8. The number of hydrogen-bond acceptors (Lipinski definition) is 5. The Hall–Kier alpha value is -2.99. The molecule has 2 amide bonds. The first kappa shape index (κ1) is 19.9. The smallest absolute Gasteiger partial charge is 0.327 e. The fraction of sp³-hybridized carbons (Fsp3) is 0.400. The highest BCUT2D eigenvalue weighted by Crippen LogP contribution is 2.53. The van der Waals surface area contributed by atoms with E-state index in [0.717, 1.165) is 11.1 Å². The summed E-state index contributed by atoms with van der Waals surface area (Å²) in [5.74, 6) is -2.46. The van der Waals surface area contributed by atoms with Crippen molar-refractivity contribution in [3.8, 4) is 0 Å². The molecule has 160 valence electrons. The second-order valence-electron chi connectivity index (χ2n) is 9.67. The number of esters is 1. The monoisotopic (exact) mass is 418 g/mol. The molecule has 4 atom stereocenters. The van der Waals surface area contributed by atoms with Gasteiger partial charge in [0.25, 0.3) is 0 Å². The van der Waals surface area contributed by atoms with Gasteiger partial charge in [0.05, 0.1) is 24.1 Å². The van der Waals surface area contributed by atoms with E-state index in [4.69, 9.17) is 4.74 Å². The highest BCUT2D eigenvalue weighted by molar-refractivity contribution is 6.24. The number of anilines is 1. The van der Waals surface area contributed by atoms with Gasteiger partial charge in [-0.25, -0.2) is 4.90 Å². The Morgan fingerprint density at radius 3 is 2.29 bits per heavy atom. The van der Waals surface area contributed by atoms with Crippen LogP contribution in [-0.4, -0.2) is 29.9 Å². The SMILES string of the molecule is CC(C)(C)c1ccccc1N1C(=O)[C@H]2[C@@H](c3ccccc3)N[C@]3(CCOC3=O)[C@H]2C1=O. The number of nitrogens with zero attached hydrogens (tertiary/aromatic N) is 1. The predicted octanol–water partition coefficient (Wildman–Crippen LogP) is 3.12. The minimum atomic E-state index is -1.16. The molecule has 0 aromatic heterocycles. The van der Waals surface area contributed by atoms with Gasteiger partial charge in [-0.1, -0.05) is 69.3 Å². The first-order valence-electron chi connectivity index (χ1n) is 10.7. The minimum absolute atomic E-state index is 0.247. The van der Waals surface area contributed by atoms with Gasteiger partial charge in [0, 0.05) is 12.5 Å². The van der Waals surface area contributed by atoms with Crippen molar-refractivity contribution in [3.05, 3.63) is 65.7 Å². The Balaban J connectivity index is 1.66. The number of imide groups is 1. The fourth-order valence-electron chi connectivity index (χ4n) is 5.44. The molecule has 0 aliphatic carbocycles. The Labute approximate surface area is 181 Å². The Bertz CT molecular complexity index is 1070. The summed E-state index contributed by atoms with van der Waals surface area (Å²) in [5.41, 5.74) is 0.997. The zero-order valence-corrected chi connectivity index (χ0v) is 17.9. The maximum absolute atomic E-state index is 13.8. The third-order valence-electron chi connectivity index (χ3n) is 6.86. The van der Waals surface area contributed by atoms with Crippen LogP contribution in [0, 0.1) is 11.8 Å². The number of rotatable bonds is 2. The highest BCUT2D eigenvalue weighted by Gasteiger charge is 2.70. The van der Waals surface area contributed by atoms with Crippen LogP contribution in [0.5, 0.6) is 0 Å². The predicted molar refractivity (Wildman–Crippen MR) is 115 cm³/mol. The number of fused-ring (bicyclic) bond motifs is 2. The van der Waals surface area contributed by atoms with Crippen LogP contribution in [0.1, 0.15) is 44.4 Å². The molecular formula is C25H26N2O4. The van der Waals surface area contributed by atoms with Crippen LogP contribution in [0.4, 0.5) is 5.69 Å². The van der Waals surface area contributed by atoms with Crippen molar-refractivity contribution in [1.29, 1.82) is 0 Å². The van der Waals surface area contributed by atoms with E-state index in [1.165, 1.54) is 4.90 Å². The number of amides is 2. The molecule has 3 fully saturated rings. The Kier molecular flexibility index (Phi) is 4.35. The largest absolute Gasteiger partial charge is 0.464 e. The van der Waals surface area contributed by atoms with E-state index in [1.54, 1.807) is 0 Å². The van der Waals surface area contributed by atoms with E-state index in [9.17, 15) is 14.4 Å². The lowest BCUT2D eigenvalue weighted by molar-refractivity contribution is -0.146. The summed E-state index contributed by atoms with van der Waals surface area (Å²) >= 11 is 0. The van der Waals surface area contributed by atoms with Crippen LogP contribution >= 0.6 is 0 Å². The minimum Gasteiger partial charge on any atom is -0.464 e. The molecule has 5 rings (SSSR count). The molecule has 2 aromatic rings. The van der Waals surface area contributed by atoms with E-state index in [1.807, 2.05) is 54.6 Å². The molecule has 3 heterocycles. The zero-order chi connectivity index (χ0) is 22.0. The molecule has 0 saturated carbocycles. The van der Waals surface area contributed by atoms with Gasteiger partial charge in [-0.15, -0.1) is 0 Å². The van der Waals surface area contributed by atoms with Crippen molar-refractivity contribution >= 4 is 23.5 Å². The van der Waals surface area contributed by atoms with Crippen LogP contribution in [0.2, 0.25) is 0 Å². The number of benzene rings is 2. The molecule has 6 nitrogen and oxygen atoms in total. The third kappa shape index (κ3) is 2.78. The lowest BCUT2D eigenvalue weighted by Gasteiger charge is -2.30. The van der Waals surface area contributed by atoms with Gasteiger partial charge < -0.3 is 4.74 Å². The number of para-hydroxylation sites is 1. The van der Waals surface area contributed by atoms with E-state index in [-0.39, 0.29) is 23.8 Å². The van der Waals surface area contributed by atoms with E-state index in [0.29, 0.717) is 12.1 Å². The van der Waals surface area contributed by atoms with Crippen molar-refractivity contribution in [2.45, 2.75) is 44.2 Å². The van der Waals surface area contributed by atoms with Crippen molar-refractivity contribution in [2.24, 2.45) is 11.8 Å². The van der Waals surface area contributed by atoms with Gasteiger partial charge in [0.2, 0.25) is 11.8 Å². The number of cyclic esters (lactones) is 1. The zero-order valence-electron chi connectivity index (χ0n) is 17.9. The van der Waals surface area contributed by atoms with Crippen molar-refractivity contribution in [1.82, 2.24) is 5.32 Å². The van der Waals surface area contributed by atoms with E-state index >= 15 is 0 Å². The molecule has 3 aliphatic heterocycles. The average molecular weight is 418 g/mol. The lowest BCUT2D eigenvalue weighted by atomic mass is 9.78. The number of ether oxygens (including phenoxy) is 1. The summed E-state index contributed by atoms with van der Waals surface area (Å²) < 4.78 is 5.30. The molecule has 0 bridgehead atoms. The molecule has 2 aromatic carbocycles. The Morgan fingerprint density at radius 2 is 1.65 bits per heavy atom. The van der Waals surface area contributed by atoms with Gasteiger partial charge >= 0.3 is 5.97 Å². The van der Waals surface area contributed by atoms with Gasteiger partial charge in [0.1, 0.15) is 5.54 Å². The van der Waals surface area contributed by atoms with E-state index < -0.39 is 29.4 Å². The first-order valence-corrected chi connectivity index (χ1v) is 10.7. The quantitative estimate of drug-likeness (QED) is 0.599. The van der Waals surface area contributed by atoms with Crippen LogP contribution in [0.3, 0.4) is 0 Å². The molecule has 1 spiro atoms. The highest BCUT2D eigenvalue weighted by atomic mass is 16.5. The molecule has 6 heteroatoms. The van der Waals surface area contributed by atoms with Crippen molar-refractivity contribution in [2.75, 3.05) is 11.5 Å². The van der Waals surface area contributed by atoms with Crippen LogP contribution < -0.4 is 10.2 Å². The lowest BCUT2D eigenvalue weighted by Crippen LogP contribution is -2.53. The first-order chi connectivity index (χ1) is 14.8. The fourth-order valence-corrected chi connectivity index (χ4v) is 5.44. The summed E-state index contributed by atoms with van der Waals surface area (Å²) in [7, 11) is 0. The Morgan fingerprint density at radius 1 is 0.968 bits per heavy atom. The molecule has 1 N–H and O–H groups in total. The van der Waals surface area contributed by atoms with Crippen molar-refractivity contribution < 1.29 is 19.1 Å². The molecule has 0 radical (unpaired) electrons. The van der Waals surface area contributed by atoms with Crippen LogP contribution in [0.25, 0.3) is 0 Å². The van der Waals surface area contributed by atoms with Crippen LogP contribution in [-0.2, 0) is 24.5 Å². The second-order valence-corrected chi connectivity index (χ2v) is 9.67. The molecule has 31 heavy (non-hydrogen) atoms. The van der Waals surface area contributed by atoms with Crippen molar-refractivity contribution in [3.63, 3.8) is 0 Å². The number of carbonyl (C=O) groups is 3. The standard InChI is InChI=1S/C25H26N2O4/c1-24(2,3)16-11-7-8-12-17(16)27-21(28)18-19(22(27)29)25(13-14-31-23(25)30)26-20(18)15-9-5-4-6-10-15/h4-12,18-20,26H,13-14H2,1-3H3/t18-,19-,20-,25-/m1/s1. The summed E-state index contributed by atoms with van der Waals surface area (Å²) in [6.07, 6.45) is 0.379. The van der Waals surface area contributed by atoms with Crippen LogP contribution in [0.15, 0.2) is 54.6 Å². The average Bonchev–Trinajstić information content (AvgIpc) is 3.37. The molecule has 3 aliphatic rings. The number of nitrogens with one attached hydrogen (secondary N) is 1. The number of carbonyl (C=O) groups excluding carboxylic acids is 3. The summed E-state index contributed by atoms with van der Waals surface area (Å²) in [6.45, 7) is 6.42. The van der Waals surface area contributed by atoms with Gasteiger partial charge in [-0.2, -0.15) is 0 Å². The third-order valence-corrected chi connectivity index (χ3v) is 6.86. The maximum Gasteiger partial charge on any atom is 0.327 e. The van der Waals surface area contributed by atoms with Gasteiger partial charge in [-0.05, 0) is 22.6 Å². The number of hydrogen-bond donors (Lipinski definition) is 1. The van der Waals surface area contributed by atoms with E-state index in [2.05, 4.69) is 26.1 Å². The summed E-state index contributed by atoms with van der Waals surface area (Å²) in [6, 6.07) is 16.7. The summed E-state index contributed by atoms with van der Waals surface area (Å²) in [5, 5.41) is 3.37. The second kappa shape index (κ2) is 6.76. The summed E-state index contributed by atoms with van der Waals surface area (Å²) in [4.78, 5) is 41.8.